The molecule has 9 heteroatoms. The van der Waals surface area contributed by atoms with Crippen LogP contribution >= 0.6 is 11.6 Å². The number of nitrogens with zero attached hydrogens (tertiary/aromatic N) is 1. The molecule has 0 spiro atoms. The lowest BCUT2D eigenvalue weighted by molar-refractivity contribution is -0.133. The van der Waals surface area contributed by atoms with Gasteiger partial charge in [-0.1, -0.05) is 41.4 Å². The van der Waals surface area contributed by atoms with Crippen LogP contribution in [-0.2, 0) is 15.1 Å². The molecule has 0 aliphatic carbocycles. The molecule has 4 amide bonds. The van der Waals surface area contributed by atoms with Crippen LogP contribution in [0, 0.1) is 6.92 Å². The quantitative estimate of drug-likeness (QED) is 0.685. The zero-order chi connectivity index (χ0) is 22.1. The third kappa shape index (κ3) is 3.91. The molecule has 1 aliphatic heterocycles. The molecule has 3 rings (SSSR count). The Bertz CT molecular complexity index is 1010. The lowest BCUT2D eigenvalue weighted by Gasteiger charge is -2.22. The number of methoxy groups -OCH3 is 2. The molecule has 1 heterocycles. The topological polar surface area (TPSA) is 97.0 Å². The van der Waals surface area contributed by atoms with E-state index in [1.807, 2.05) is 19.1 Å². The van der Waals surface area contributed by atoms with Crippen molar-refractivity contribution in [2.24, 2.45) is 0 Å². The van der Waals surface area contributed by atoms with E-state index in [1.165, 1.54) is 26.4 Å². The van der Waals surface area contributed by atoms with Gasteiger partial charge in [0.25, 0.3) is 5.91 Å². The number of halogens is 1. The van der Waals surface area contributed by atoms with Gasteiger partial charge in [-0.15, -0.1) is 0 Å². The molecule has 158 valence electrons. The predicted octanol–water partition coefficient (Wildman–Crippen LogP) is 3.07. The largest absolute Gasteiger partial charge is 0.495 e. The lowest BCUT2D eigenvalue weighted by Crippen LogP contribution is -2.42. The predicted molar refractivity (Wildman–Crippen MR) is 112 cm³/mol. The minimum atomic E-state index is -1.24. The Morgan fingerprint density at radius 3 is 2.37 bits per heavy atom. The second kappa shape index (κ2) is 8.23. The summed E-state index contributed by atoms with van der Waals surface area (Å²) in [4.78, 5) is 38.9. The summed E-state index contributed by atoms with van der Waals surface area (Å²) in [7, 11) is 2.87. The number of rotatable bonds is 6. The van der Waals surface area contributed by atoms with Crippen LogP contribution in [-0.4, -0.2) is 43.5 Å². The molecule has 0 saturated carbocycles. The first-order valence-electron chi connectivity index (χ1n) is 9.12. The number of urea groups is 1. The number of ether oxygens (including phenoxy) is 2. The summed E-state index contributed by atoms with van der Waals surface area (Å²) in [5, 5.41) is 5.62. The highest BCUT2D eigenvalue weighted by atomic mass is 35.5. The average Bonchev–Trinajstić information content (AvgIpc) is 2.93. The van der Waals surface area contributed by atoms with Gasteiger partial charge in [0.1, 0.15) is 23.6 Å². The third-order valence-corrected chi connectivity index (χ3v) is 5.25. The highest BCUT2D eigenvalue weighted by molar-refractivity contribution is 6.32. The van der Waals surface area contributed by atoms with E-state index < -0.39 is 29.9 Å². The second-order valence-electron chi connectivity index (χ2n) is 7.05. The minimum Gasteiger partial charge on any atom is -0.495 e. The standard InChI is InChI=1S/C21H22ClN3O5/c1-12-5-7-13(8-6-12)21(2)19(27)25(20(28)24-21)11-18(26)23-15-10-16(29-3)14(22)9-17(15)30-4/h5-10H,11H2,1-4H3,(H,23,26)(H,24,28)/t21-/m1/s1. The maximum absolute atomic E-state index is 13.0. The van der Waals surface area contributed by atoms with Crippen LogP contribution in [0.3, 0.4) is 0 Å². The van der Waals surface area contributed by atoms with E-state index in [1.54, 1.807) is 19.1 Å². The molecule has 2 N–H and O–H groups in total. The van der Waals surface area contributed by atoms with Crippen molar-refractivity contribution in [2.45, 2.75) is 19.4 Å². The molecular formula is C21H22ClN3O5. The van der Waals surface area contributed by atoms with E-state index in [0.29, 0.717) is 27.8 Å². The van der Waals surface area contributed by atoms with E-state index in [0.717, 1.165) is 10.5 Å². The Labute approximate surface area is 179 Å². The number of anilines is 1. The van der Waals surface area contributed by atoms with E-state index in [2.05, 4.69) is 10.6 Å². The molecule has 1 atom stereocenters. The van der Waals surface area contributed by atoms with Gasteiger partial charge in [-0.05, 0) is 19.4 Å². The zero-order valence-corrected chi connectivity index (χ0v) is 17.8. The normalized spacial score (nSPS) is 18.2. The van der Waals surface area contributed by atoms with Gasteiger partial charge in [0.15, 0.2) is 0 Å². The number of aryl methyl sites for hydroxylation is 1. The van der Waals surface area contributed by atoms with Gasteiger partial charge >= 0.3 is 6.03 Å². The summed E-state index contributed by atoms with van der Waals surface area (Å²) in [5.41, 5.74) is 0.727. The molecule has 2 aromatic carbocycles. The van der Waals surface area contributed by atoms with Crippen molar-refractivity contribution in [3.05, 3.63) is 52.5 Å². The molecule has 2 aromatic rings. The van der Waals surface area contributed by atoms with Crippen molar-refractivity contribution in [2.75, 3.05) is 26.1 Å². The van der Waals surface area contributed by atoms with Crippen molar-refractivity contribution in [1.29, 1.82) is 0 Å². The molecule has 1 aliphatic rings. The van der Waals surface area contributed by atoms with Gasteiger partial charge in [-0.3, -0.25) is 14.5 Å². The lowest BCUT2D eigenvalue weighted by atomic mass is 9.91. The fraction of sp³-hybridized carbons (Fsp3) is 0.286. The number of hydrogen-bond acceptors (Lipinski definition) is 5. The van der Waals surface area contributed by atoms with E-state index in [-0.39, 0.29) is 0 Å². The van der Waals surface area contributed by atoms with Crippen LogP contribution in [0.5, 0.6) is 11.5 Å². The van der Waals surface area contributed by atoms with Gasteiger partial charge in [0.05, 0.1) is 24.9 Å². The van der Waals surface area contributed by atoms with Crippen LogP contribution in [0.4, 0.5) is 10.5 Å². The number of carbonyl (C=O) groups is 3. The van der Waals surface area contributed by atoms with Crippen LogP contribution in [0.15, 0.2) is 36.4 Å². The molecule has 1 fully saturated rings. The molecule has 30 heavy (non-hydrogen) atoms. The second-order valence-corrected chi connectivity index (χ2v) is 7.45. The van der Waals surface area contributed by atoms with Crippen molar-refractivity contribution in [3.63, 3.8) is 0 Å². The van der Waals surface area contributed by atoms with E-state index in [4.69, 9.17) is 21.1 Å². The van der Waals surface area contributed by atoms with E-state index in [9.17, 15) is 14.4 Å². The summed E-state index contributed by atoms with van der Waals surface area (Å²) in [6.45, 7) is 3.08. The van der Waals surface area contributed by atoms with Crippen molar-refractivity contribution < 1.29 is 23.9 Å². The molecule has 8 nitrogen and oxygen atoms in total. The number of imide groups is 1. The first-order chi connectivity index (χ1) is 14.2. The fourth-order valence-corrected chi connectivity index (χ4v) is 3.45. The number of hydrogen-bond donors (Lipinski definition) is 2. The SMILES string of the molecule is COc1cc(NC(=O)CN2C(=O)N[C@](C)(c3ccc(C)cc3)C2=O)c(OC)cc1Cl. The number of carbonyl (C=O) groups excluding carboxylic acids is 3. The molecule has 0 bridgehead atoms. The van der Waals surface area contributed by atoms with Gasteiger partial charge < -0.3 is 20.1 Å². The van der Waals surface area contributed by atoms with Gasteiger partial charge in [-0.25, -0.2) is 4.79 Å². The molecule has 0 unspecified atom stereocenters. The summed E-state index contributed by atoms with van der Waals surface area (Å²) >= 11 is 6.07. The molecule has 1 saturated heterocycles. The van der Waals surface area contributed by atoms with Crippen LogP contribution in [0.2, 0.25) is 5.02 Å². The summed E-state index contributed by atoms with van der Waals surface area (Å²) in [6.07, 6.45) is 0. The van der Waals surface area contributed by atoms with E-state index >= 15 is 0 Å². The monoisotopic (exact) mass is 431 g/mol. The number of amides is 4. The van der Waals surface area contributed by atoms with Gasteiger partial charge in [-0.2, -0.15) is 0 Å². The Morgan fingerprint density at radius 1 is 1.13 bits per heavy atom. The maximum atomic E-state index is 13.0. The number of nitrogens with one attached hydrogen (secondary N) is 2. The smallest absolute Gasteiger partial charge is 0.325 e. The Hall–Kier alpha value is -3.26. The average molecular weight is 432 g/mol. The van der Waals surface area contributed by atoms with Crippen molar-refractivity contribution in [1.82, 2.24) is 10.2 Å². The Balaban J connectivity index is 1.78. The molecule has 0 aromatic heterocycles. The maximum Gasteiger partial charge on any atom is 0.325 e. The van der Waals surface area contributed by atoms with Crippen LogP contribution in [0.1, 0.15) is 18.1 Å². The first-order valence-corrected chi connectivity index (χ1v) is 9.50. The summed E-state index contributed by atoms with van der Waals surface area (Å²) in [5.74, 6) is -0.424. The fourth-order valence-electron chi connectivity index (χ4n) is 3.21. The van der Waals surface area contributed by atoms with Gasteiger partial charge in [0, 0.05) is 12.1 Å². The summed E-state index contributed by atoms with van der Waals surface area (Å²) in [6, 6.07) is 9.63. The zero-order valence-electron chi connectivity index (χ0n) is 17.0. The highest BCUT2D eigenvalue weighted by Gasteiger charge is 2.49. The van der Waals surface area contributed by atoms with Crippen LogP contribution < -0.4 is 20.1 Å². The van der Waals surface area contributed by atoms with Crippen LogP contribution in [0.25, 0.3) is 0 Å². The van der Waals surface area contributed by atoms with Crippen molar-refractivity contribution >= 4 is 35.1 Å². The number of benzene rings is 2. The highest BCUT2D eigenvalue weighted by Crippen LogP contribution is 2.36. The molecule has 0 radical (unpaired) electrons. The third-order valence-electron chi connectivity index (χ3n) is 4.95. The molecular weight excluding hydrogens is 410 g/mol. The van der Waals surface area contributed by atoms with Gasteiger partial charge in [0.2, 0.25) is 5.91 Å². The first kappa shape index (κ1) is 21.4. The van der Waals surface area contributed by atoms with Crippen molar-refractivity contribution in [3.8, 4) is 11.5 Å². The Kier molecular flexibility index (Phi) is 5.89. The Morgan fingerprint density at radius 2 is 1.77 bits per heavy atom. The summed E-state index contributed by atoms with van der Waals surface area (Å²) < 4.78 is 10.4. The minimum absolute atomic E-state index is 0.303.